The number of nitrogens with two attached hydrogens (primary N) is 1. The molecule has 4 aromatic rings. The fraction of sp³-hybridized carbons (Fsp3) is 0.250. The number of aromatic nitrogens is 2. The molecule has 5 rings (SSSR count). The minimum absolute atomic E-state index is 0.0745. The quantitative estimate of drug-likeness (QED) is 0.197. The molecule has 47 heavy (non-hydrogen) atoms. The van der Waals surface area contributed by atoms with Crippen molar-refractivity contribution in [3.05, 3.63) is 101 Å². The van der Waals surface area contributed by atoms with Gasteiger partial charge in [-0.3, -0.25) is 19.3 Å². The first kappa shape index (κ1) is 33.6. The normalized spacial score (nSPS) is 14.0. The maximum atomic E-state index is 14.2. The van der Waals surface area contributed by atoms with Crippen LogP contribution in [0, 0.1) is 12.7 Å². The van der Waals surface area contributed by atoms with Crippen LogP contribution in [0.15, 0.2) is 72.9 Å². The Morgan fingerprint density at radius 3 is 2.45 bits per heavy atom. The molecule has 3 heterocycles. The standard InChI is InChI=1S/C32H33ClFN7O5S/c1-20-21(6-11-30(37-20)46-29-10-8-23(17-27(29)33)39-47(2,44)45)19-40-14-12-25(13-15-40)41(26-5-3-4-22(34)16-26)32(43)38-24-7-9-28(31(35)42)36-18-24/h3-11,16-18,25,39H,12-15,19H2,1-2H3,(H2,35,42)(H,38,43). The second-order valence-corrected chi connectivity index (χ2v) is 13.3. The predicted molar refractivity (Wildman–Crippen MR) is 178 cm³/mol. The molecule has 12 nitrogen and oxygen atoms in total. The van der Waals surface area contributed by atoms with Crippen LogP contribution in [-0.4, -0.2) is 60.6 Å². The largest absolute Gasteiger partial charge is 0.437 e. The Morgan fingerprint density at radius 2 is 1.83 bits per heavy atom. The Bertz CT molecular complexity index is 1890. The number of aryl methyl sites for hydroxylation is 1. The summed E-state index contributed by atoms with van der Waals surface area (Å²) in [6.07, 6.45) is 3.68. The van der Waals surface area contributed by atoms with Crippen LogP contribution in [0.1, 0.15) is 34.6 Å². The van der Waals surface area contributed by atoms with Crippen molar-refractivity contribution in [2.45, 2.75) is 32.4 Å². The maximum absolute atomic E-state index is 14.2. The van der Waals surface area contributed by atoms with Crippen LogP contribution in [0.25, 0.3) is 0 Å². The Balaban J connectivity index is 1.22. The van der Waals surface area contributed by atoms with Gasteiger partial charge in [0.15, 0.2) is 0 Å². The van der Waals surface area contributed by atoms with Crippen molar-refractivity contribution in [2.24, 2.45) is 5.73 Å². The second-order valence-electron chi connectivity index (χ2n) is 11.1. The molecule has 0 unspecified atom stereocenters. The van der Waals surface area contributed by atoms with Gasteiger partial charge in [0.05, 0.1) is 28.9 Å². The average molecular weight is 682 g/mol. The van der Waals surface area contributed by atoms with Crippen molar-refractivity contribution in [3.63, 3.8) is 0 Å². The number of halogens is 2. The third-order valence-electron chi connectivity index (χ3n) is 7.51. The first-order valence-corrected chi connectivity index (χ1v) is 16.9. The van der Waals surface area contributed by atoms with Crippen LogP contribution in [0.4, 0.5) is 26.2 Å². The van der Waals surface area contributed by atoms with E-state index in [0.717, 1.165) is 17.5 Å². The third kappa shape index (κ3) is 8.93. The molecular weight excluding hydrogens is 649 g/mol. The van der Waals surface area contributed by atoms with E-state index in [1.165, 1.54) is 36.5 Å². The third-order valence-corrected chi connectivity index (χ3v) is 8.41. The lowest BCUT2D eigenvalue weighted by molar-refractivity contribution is 0.0995. The SMILES string of the molecule is Cc1nc(Oc2ccc(NS(C)(=O)=O)cc2Cl)ccc1CN1CCC(N(C(=O)Nc2ccc(C(N)=O)nc2)c2cccc(F)c2)CC1. The van der Waals surface area contributed by atoms with Gasteiger partial charge < -0.3 is 15.8 Å². The fourth-order valence-corrected chi connectivity index (χ4v) is 6.03. The van der Waals surface area contributed by atoms with Crippen molar-refractivity contribution < 1.29 is 27.1 Å². The van der Waals surface area contributed by atoms with Gasteiger partial charge in [-0.25, -0.2) is 27.6 Å². The number of rotatable bonds is 10. The predicted octanol–water partition coefficient (Wildman–Crippen LogP) is 5.54. The monoisotopic (exact) mass is 681 g/mol. The number of carbonyl (C=O) groups is 2. The Labute approximate surface area is 276 Å². The van der Waals surface area contributed by atoms with Crippen molar-refractivity contribution >= 4 is 50.6 Å². The molecule has 246 valence electrons. The number of sulfonamides is 1. The lowest BCUT2D eigenvalue weighted by Crippen LogP contribution is -2.49. The lowest BCUT2D eigenvalue weighted by Gasteiger charge is -2.38. The molecule has 0 aliphatic carbocycles. The molecule has 0 atom stereocenters. The molecule has 0 bridgehead atoms. The first-order valence-electron chi connectivity index (χ1n) is 14.6. The van der Waals surface area contributed by atoms with E-state index >= 15 is 0 Å². The van der Waals surface area contributed by atoms with Crippen molar-refractivity contribution in [2.75, 3.05) is 34.3 Å². The number of anilines is 3. The van der Waals surface area contributed by atoms with Crippen molar-refractivity contribution in [1.82, 2.24) is 14.9 Å². The molecule has 2 aromatic heterocycles. The number of nitrogens with zero attached hydrogens (tertiary/aromatic N) is 4. The topological polar surface area (TPSA) is 160 Å². The van der Waals surface area contributed by atoms with Gasteiger partial charge >= 0.3 is 6.03 Å². The van der Waals surface area contributed by atoms with E-state index in [-0.39, 0.29) is 16.8 Å². The molecule has 15 heteroatoms. The smallest absolute Gasteiger partial charge is 0.326 e. The summed E-state index contributed by atoms with van der Waals surface area (Å²) in [7, 11) is -3.44. The van der Waals surface area contributed by atoms with Gasteiger partial charge in [0.2, 0.25) is 15.9 Å². The number of carbonyl (C=O) groups excluding carboxylic acids is 2. The number of benzene rings is 2. The summed E-state index contributed by atoms with van der Waals surface area (Å²) >= 11 is 6.31. The number of primary amides is 1. The number of urea groups is 1. The summed E-state index contributed by atoms with van der Waals surface area (Å²) in [5.74, 6) is -0.459. The van der Waals surface area contributed by atoms with E-state index in [0.29, 0.717) is 61.2 Å². The van der Waals surface area contributed by atoms with Crippen LogP contribution < -0.4 is 25.4 Å². The number of amides is 3. The maximum Gasteiger partial charge on any atom is 0.326 e. The zero-order valence-corrected chi connectivity index (χ0v) is 27.2. The number of piperidine rings is 1. The van der Waals surface area contributed by atoms with Gasteiger partial charge in [-0.2, -0.15) is 0 Å². The molecule has 4 N–H and O–H groups in total. The number of hydrogen-bond donors (Lipinski definition) is 3. The fourth-order valence-electron chi connectivity index (χ4n) is 5.26. The Kier molecular flexibility index (Phi) is 10.2. The molecular formula is C32H33ClFN7O5S. The van der Waals surface area contributed by atoms with E-state index in [4.69, 9.17) is 22.1 Å². The molecule has 3 amide bonds. The minimum atomic E-state index is -3.44. The summed E-state index contributed by atoms with van der Waals surface area (Å²) in [4.78, 5) is 37.3. The highest BCUT2D eigenvalue weighted by atomic mass is 35.5. The van der Waals surface area contributed by atoms with Gasteiger partial charge in [0.25, 0.3) is 5.91 Å². The zero-order valence-electron chi connectivity index (χ0n) is 25.6. The van der Waals surface area contributed by atoms with Gasteiger partial charge in [0, 0.05) is 43.1 Å². The van der Waals surface area contributed by atoms with Gasteiger partial charge in [0.1, 0.15) is 17.3 Å². The van der Waals surface area contributed by atoms with Crippen LogP contribution in [0.2, 0.25) is 5.02 Å². The highest BCUT2D eigenvalue weighted by molar-refractivity contribution is 7.92. The lowest BCUT2D eigenvalue weighted by atomic mass is 10.0. The molecule has 1 fully saturated rings. The van der Waals surface area contributed by atoms with Crippen LogP contribution in [0.5, 0.6) is 11.6 Å². The molecule has 0 spiro atoms. The zero-order chi connectivity index (χ0) is 33.7. The summed E-state index contributed by atoms with van der Waals surface area (Å²) in [6.45, 7) is 3.87. The van der Waals surface area contributed by atoms with E-state index < -0.39 is 27.8 Å². The molecule has 1 saturated heterocycles. The number of hydrogen-bond acceptors (Lipinski definition) is 8. The highest BCUT2D eigenvalue weighted by Crippen LogP contribution is 2.32. The molecule has 0 saturated carbocycles. The van der Waals surface area contributed by atoms with Gasteiger partial charge in [-0.05, 0) is 73.9 Å². The molecule has 1 aliphatic rings. The second kappa shape index (κ2) is 14.3. The van der Waals surface area contributed by atoms with Crippen molar-refractivity contribution in [3.8, 4) is 11.6 Å². The summed E-state index contributed by atoms with van der Waals surface area (Å²) < 4.78 is 45.4. The number of likely N-dealkylation sites (tertiary alicyclic amines) is 1. The van der Waals surface area contributed by atoms with E-state index in [1.54, 1.807) is 35.2 Å². The Hall–Kier alpha value is -4.79. The number of pyridine rings is 2. The van der Waals surface area contributed by atoms with Crippen LogP contribution in [0.3, 0.4) is 0 Å². The van der Waals surface area contributed by atoms with Crippen LogP contribution >= 0.6 is 11.6 Å². The minimum Gasteiger partial charge on any atom is -0.437 e. The highest BCUT2D eigenvalue weighted by Gasteiger charge is 2.30. The number of nitrogens with one attached hydrogen (secondary N) is 2. The van der Waals surface area contributed by atoms with Gasteiger partial charge in [-0.1, -0.05) is 23.7 Å². The molecule has 0 radical (unpaired) electrons. The van der Waals surface area contributed by atoms with E-state index in [2.05, 4.69) is 24.9 Å². The Morgan fingerprint density at radius 1 is 1.09 bits per heavy atom. The average Bonchev–Trinajstić information content (AvgIpc) is 3.00. The summed E-state index contributed by atoms with van der Waals surface area (Å²) in [5.41, 5.74) is 8.23. The van der Waals surface area contributed by atoms with E-state index in [1.807, 2.05) is 13.0 Å². The van der Waals surface area contributed by atoms with Gasteiger partial charge in [-0.15, -0.1) is 0 Å². The first-order chi connectivity index (χ1) is 22.3. The molecule has 2 aromatic carbocycles. The van der Waals surface area contributed by atoms with Crippen molar-refractivity contribution in [1.29, 1.82) is 0 Å². The summed E-state index contributed by atoms with van der Waals surface area (Å²) in [5, 5.41) is 3.03. The summed E-state index contributed by atoms with van der Waals surface area (Å²) in [6, 6.07) is 16.5. The molecule has 1 aliphatic heterocycles. The van der Waals surface area contributed by atoms with E-state index in [9.17, 15) is 22.4 Å². The van der Waals surface area contributed by atoms with Crippen LogP contribution in [-0.2, 0) is 16.6 Å². The number of ether oxygens (including phenoxy) is 1.